The molecule has 0 spiro atoms. The minimum absolute atomic E-state index is 0.0852. The van der Waals surface area contributed by atoms with Gasteiger partial charge in [-0.25, -0.2) is 4.39 Å². The first-order valence-corrected chi connectivity index (χ1v) is 6.22. The molecule has 98 valence electrons. The second kappa shape index (κ2) is 5.06. The lowest BCUT2D eigenvalue weighted by molar-refractivity contribution is -0.142. The van der Waals surface area contributed by atoms with Crippen molar-refractivity contribution in [1.29, 1.82) is 0 Å². The van der Waals surface area contributed by atoms with Crippen molar-refractivity contribution in [2.45, 2.75) is 19.9 Å². The van der Waals surface area contributed by atoms with Crippen LogP contribution in [0.4, 0.5) is 4.39 Å². The standard InChI is InChI=1S/C14H18FNO2/c1-9-7-16(8-12(9)14(17)18)10(2)11-5-3-4-6-13(11)15/h3-6,9-10,12H,7-8H2,1-2H3,(H,17,18)/t9-,10?,12-/m1/s1. The summed E-state index contributed by atoms with van der Waals surface area (Å²) < 4.78 is 13.7. The van der Waals surface area contributed by atoms with E-state index in [1.165, 1.54) is 6.07 Å². The molecule has 1 saturated heterocycles. The van der Waals surface area contributed by atoms with E-state index in [1.54, 1.807) is 12.1 Å². The van der Waals surface area contributed by atoms with Crippen molar-refractivity contribution in [3.8, 4) is 0 Å². The molecular weight excluding hydrogens is 233 g/mol. The van der Waals surface area contributed by atoms with Crippen LogP contribution in [-0.2, 0) is 4.79 Å². The molecule has 0 radical (unpaired) electrons. The Kier molecular flexibility index (Phi) is 3.66. The minimum atomic E-state index is -0.759. The van der Waals surface area contributed by atoms with Crippen LogP contribution < -0.4 is 0 Å². The molecule has 1 N–H and O–H groups in total. The maximum Gasteiger partial charge on any atom is 0.308 e. The Morgan fingerprint density at radius 2 is 2.11 bits per heavy atom. The van der Waals surface area contributed by atoms with Crippen LogP contribution in [0, 0.1) is 17.7 Å². The Balaban J connectivity index is 2.14. The monoisotopic (exact) mass is 251 g/mol. The van der Waals surface area contributed by atoms with E-state index in [4.69, 9.17) is 5.11 Å². The Morgan fingerprint density at radius 1 is 1.44 bits per heavy atom. The molecular formula is C14H18FNO2. The predicted octanol–water partition coefficient (Wildman–Crippen LogP) is 2.54. The maximum atomic E-state index is 13.7. The second-order valence-electron chi connectivity index (χ2n) is 5.07. The molecule has 18 heavy (non-hydrogen) atoms. The SMILES string of the molecule is CC(c1ccccc1F)N1C[C@@H](C)[C@H](C(=O)O)C1. The summed E-state index contributed by atoms with van der Waals surface area (Å²) in [5.41, 5.74) is 0.635. The van der Waals surface area contributed by atoms with Crippen LogP contribution >= 0.6 is 0 Å². The van der Waals surface area contributed by atoms with Gasteiger partial charge in [0.1, 0.15) is 5.82 Å². The highest BCUT2D eigenvalue weighted by atomic mass is 19.1. The van der Waals surface area contributed by atoms with Crippen LogP contribution in [0.1, 0.15) is 25.5 Å². The Morgan fingerprint density at radius 3 is 2.67 bits per heavy atom. The van der Waals surface area contributed by atoms with Crippen LogP contribution in [-0.4, -0.2) is 29.1 Å². The zero-order valence-electron chi connectivity index (χ0n) is 10.6. The van der Waals surface area contributed by atoms with Gasteiger partial charge in [0.05, 0.1) is 5.92 Å². The van der Waals surface area contributed by atoms with Gasteiger partial charge in [0.2, 0.25) is 0 Å². The van der Waals surface area contributed by atoms with E-state index in [9.17, 15) is 9.18 Å². The summed E-state index contributed by atoms with van der Waals surface area (Å²) >= 11 is 0. The van der Waals surface area contributed by atoms with Crippen molar-refractivity contribution in [1.82, 2.24) is 4.90 Å². The number of benzene rings is 1. The van der Waals surface area contributed by atoms with Gasteiger partial charge < -0.3 is 5.11 Å². The molecule has 1 fully saturated rings. The summed E-state index contributed by atoms with van der Waals surface area (Å²) in [6.07, 6.45) is 0. The summed E-state index contributed by atoms with van der Waals surface area (Å²) in [7, 11) is 0. The van der Waals surface area contributed by atoms with Gasteiger partial charge in [-0.05, 0) is 18.9 Å². The van der Waals surface area contributed by atoms with Crippen LogP contribution in [0.3, 0.4) is 0 Å². The molecule has 2 rings (SSSR count). The molecule has 0 bridgehead atoms. The highest BCUT2D eigenvalue weighted by molar-refractivity contribution is 5.71. The number of likely N-dealkylation sites (tertiary alicyclic amines) is 1. The van der Waals surface area contributed by atoms with Crippen molar-refractivity contribution in [3.05, 3.63) is 35.6 Å². The van der Waals surface area contributed by atoms with Gasteiger partial charge in [0.15, 0.2) is 0 Å². The fourth-order valence-corrected chi connectivity index (χ4v) is 2.65. The Bertz CT molecular complexity index is 449. The topological polar surface area (TPSA) is 40.5 Å². The Labute approximate surface area is 106 Å². The zero-order chi connectivity index (χ0) is 13.3. The number of halogens is 1. The maximum absolute atomic E-state index is 13.7. The molecule has 1 aliphatic heterocycles. The van der Waals surface area contributed by atoms with Gasteiger partial charge in [-0.1, -0.05) is 25.1 Å². The van der Waals surface area contributed by atoms with Gasteiger partial charge in [-0.2, -0.15) is 0 Å². The number of carbonyl (C=O) groups is 1. The van der Waals surface area contributed by atoms with Crippen molar-refractivity contribution in [3.63, 3.8) is 0 Å². The predicted molar refractivity (Wildman–Crippen MR) is 66.7 cm³/mol. The molecule has 4 heteroatoms. The zero-order valence-corrected chi connectivity index (χ0v) is 10.6. The normalized spacial score (nSPS) is 26.2. The van der Waals surface area contributed by atoms with Crippen LogP contribution in [0.5, 0.6) is 0 Å². The molecule has 0 aliphatic carbocycles. The molecule has 0 aromatic heterocycles. The molecule has 1 aromatic rings. The van der Waals surface area contributed by atoms with E-state index in [0.29, 0.717) is 18.7 Å². The summed E-state index contributed by atoms with van der Waals surface area (Å²) in [5, 5.41) is 9.11. The largest absolute Gasteiger partial charge is 0.481 e. The number of hydrogen-bond donors (Lipinski definition) is 1. The molecule has 3 atom stereocenters. The lowest BCUT2D eigenvalue weighted by Crippen LogP contribution is -2.26. The van der Waals surface area contributed by atoms with E-state index in [1.807, 2.05) is 24.8 Å². The quantitative estimate of drug-likeness (QED) is 0.897. The molecule has 1 aromatic carbocycles. The Hall–Kier alpha value is -1.42. The van der Waals surface area contributed by atoms with Crippen LogP contribution in [0.15, 0.2) is 24.3 Å². The van der Waals surface area contributed by atoms with Gasteiger partial charge >= 0.3 is 5.97 Å². The van der Waals surface area contributed by atoms with Crippen LogP contribution in [0.2, 0.25) is 0 Å². The van der Waals surface area contributed by atoms with E-state index >= 15 is 0 Å². The lowest BCUT2D eigenvalue weighted by atomic mass is 9.99. The highest BCUT2D eigenvalue weighted by Crippen LogP contribution is 2.31. The first-order valence-electron chi connectivity index (χ1n) is 6.22. The van der Waals surface area contributed by atoms with Gasteiger partial charge in [-0.3, -0.25) is 9.69 Å². The van der Waals surface area contributed by atoms with E-state index < -0.39 is 5.97 Å². The third kappa shape index (κ3) is 2.38. The first-order chi connectivity index (χ1) is 8.50. The van der Waals surface area contributed by atoms with E-state index in [-0.39, 0.29) is 23.7 Å². The van der Waals surface area contributed by atoms with Gasteiger partial charge in [0, 0.05) is 24.7 Å². The number of hydrogen-bond acceptors (Lipinski definition) is 2. The summed E-state index contributed by atoms with van der Waals surface area (Å²) in [5.74, 6) is -1.22. The van der Waals surface area contributed by atoms with Crippen molar-refractivity contribution < 1.29 is 14.3 Å². The summed E-state index contributed by atoms with van der Waals surface area (Å²) in [6, 6.07) is 6.60. The third-order valence-corrected chi connectivity index (χ3v) is 3.86. The highest BCUT2D eigenvalue weighted by Gasteiger charge is 2.37. The van der Waals surface area contributed by atoms with Gasteiger partial charge in [-0.15, -0.1) is 0 Å². The minimum Gasteiger partial charge on any atom is -0.481 e. The third-order valence-electron chi connectivity index (χ3n) is 3.86. The van der Waals surface area contributed by atoms with Crippen molar-refractivity contribution in [2.24, 2.45) is 11.8 Å². The number of aliphatic carboxylic acids is 1. The number of carboxylic acids is 1. The average Bonchev–Trinajstić information content (AvgIpc) is 2.71. The molecule has 1 aliphatic rings. The molecule has 0 amide bonds. The molecule has 3 nitrogen and oxygen atoms in total. The van der Waals surface area contributed by atoms with Crippen LogP contribution in [0.25, 0.3) is 0 Å². The smallest absolute Gasteiger partial charge is 0.308 e. The number of rotatable bonds is 3. The number of carboxylic acid groups (broad SMARTS) is 1. The van der Waals surface area contributed by atoms with E-state index in [2.05, 4.69) is 0 Å². The average molecular weight is 251 g/mol. The van der Waals surface area contributed by atoms with E-state index in [0.717, 1.165) is 0 Å². The summed E-state index contributed by atoms with van der Waals surface area (Å²) in [6.45, 7) is 5.06. The first kappa shape index (κ1) is 13.0. The van der Waals surface area contributed by atoms with Crippen molar-refractivity contribution >= 4 is 5.97 Å². The number of nitrogens with zero attached hydrogens (tertiary/aromatic N) is 1. The summed E-state index contributed by atoms with van der Waals surface area (Å²) in [4.78, 5) is 13.1. The molecule has 1 heterocycles. The molecule has 0 saturated carbocycles. The second-order valence-corrected chi connectivity index (χ2v) is 5.07. The van der Waals surface area contributed by atoms with Gasteiger partial charge in [0.25, 0.3) is 0 Å². The molecule has 1 unspecified atom stereocenters. The fourth-order valence-electron chi connectivity index (χ4n) is 2.65. The van der Waals surface area contributed by atoms with Crippen molar-refractivity contribution in [2.75, 3.05) is 13.1 Å². The fraction of sp³-hybridized carbons (Fsp3) is 0.500. The lowest BCUT2D eigenvalue weighted by Gasteiger charge is -2.24.